The van der Waals surface area contributed by atoms with Gasteiger partial charge >= 0.3 is 11.9 Å². The summed E-state index contributed by atoms with van der Waals surface area (Å²) in [7, 11) is 0. The second-order valence-corrected chi connectivity index (χ2v) is 17.7. The van der Waals surface area contributed by atoms with Crippen LogP contribution in [0.3, 0.4) is 0 Å². The van der Waals surface area contributed by atoms with E-state index in [0.29, 0.717) is 19.4 Å². The fraction of sp³-hybridized carbons (Fsp3) is 0.789. The Morgan fingerprint density at radius 2 is 0.726 bits per heavy atom. The maximum Gasteiger partial charge on any atom is 0.306 e. The van der Waals surface area contributed by atoms with Gasteiger partial charge < -0.3 is 14.2 Å². The third-order valence-corrected chi connectivity index (χ3v) is 11.5. The summed E-state index contributed by atoms with van der Waals surface area (Å²) >= 11 is 0. The van der Waals surface area contributed by atoms with Crippen LogP contribution in [0.5, 0.6) is 0 Å². The molecule has 360 valence electrons. The zero-order valence-corrected chi connectivity index (χ0v) is 41.4. The molecule has 0 bridgehead atoms. The van der Waals surface area contributed by atoms with E-state index in [0.717, 1.165) is 70.6 Å². The van der Waals surface area contributed by atoms with Gasteiger partial charge in [-0.15, -0.1) is 0 Å². The van der Waals surface area contributed by atoms with Crippen LogP contribution < -0.4 is 0 Å². The third kappa shape index (κ3) is 50.2. The quantitative estimate of drug-likeness (QED) is 0.0346. The Morgan fingerprint density at radius 1 is 0.371 bits per heavy atom. The minimum atomic E-state index is -0.555. The van der Waals surface area contributed by atoms with Gasteiger partial charge in [-0.3, -0.25) is 9.59 Å². The van der Waals surface area contributed by atoms with Crippen LogP contribution in [-0.2, 0) is 23.8 Å². The maximum absolute atomic E-state index is 12.8. The van der Waals surface area contributed by atoms with E-state index in [-0.39, 0.29) is 25.2 Å². The topological polar surface area (TPSA) is 61.8 Å². The van der Waals surface area contributed by atoms with Crippen LogP contribution in [0.2, 0.25) is 0 Å². The van der Waals surface area contributed by atoms with Crippen molar-refractivity contribution in [1.82, 2.24) is 0 Å². The second-order valence-electron chi connectivity index (χ2n) is 17.7. The van der Waals surface area contributed by atoms with E-state index in [9.17, 15) is 9.59 Å². The summed E-state index contributed by atoms with van der Waals surface area (Å²) in [5.74, 6) is -0.430. The average Bonchev–Trinajstić information content (AvgIpc) is 3.27. The number of ether oxygens (including phenoxy) is 3. The van der Waals surface area contributed by atoms with Gasteiger partial charge in [-0.1, -0.05) is 210 Å². The fourth-order valence-electron chi connectivity index (χ4n) is 7.51. The molecule has 1 unspecified atom stereocenters. The smallest absolute Gasteiger partial charge is 0.306 e. The molecular formula is C57H102O5. The van der Waals surface area contributed by atoms with Crippen LogP contribution >= 0.6 is 0 Å². The fourth-order valence-corrected chi connectivity index (χ4v) is 7.51. The molecule has 1 atom stereocenters. The van der Waals surface area contributed by atoms with Gasteiger partial charge in [-0.25, -0.2) is 0 Å². The van der Waals surface area contributed by atoms with Crippen molar-refractivity contribution in [3.8, 4) is 0 Å². The molecule has 62 heavy (non-hydrogen) atoms. The van der Waals surface area contributed by atoms with Crippen molar-refractivity contribution in [2.24, 2.45) is 0 Å². The molecule has 0 radical (unpaired) electrons. The summed E-state index contributed by atoms with van der Waals surface area (Å²) in [5.41, 5.74) is 0. The molecule has 0 aliphatic rings. The van der Waals surface area contributed by atoms with E-state index < -0.39 is 6.10 Å². The van der Waals surface area contributed by atoms with E-state index in [1.807, 2.05) is 0 Å². The Labute approximate surface area is 385 Å². The van der Waals surface area contributed by atoms with Crippen molar-refractivity contribution in [3.05, 3.63) is 60.8 Å². The first-order chi connectivity index (χ1) is 30.6. The van der Waals surface area contributed by atoms with E-state index in [1.54, 1.807) is 0 Å². The number of hydrogen-bond acceptors (Lipinski definition) is 5. The van der Waals surface area contributed by atoms with Crippen molar-refractivity contribution in [3.63, 3.8) is 0 Å². The number of carbonyl (C=O) groups excluding carboxylic acids is 2. The highest BCUT2D eigenvalue weighted by Gasteiger charge is 2.17. The first-order valence-corrected chi connectivity index (χ1v) is 26.8. The molecule has 0 aromatic rings. The number of esters is 2. The molecule has 0 N–H and O–H groups in total. The monoisotopic (exact) mass is 867 g/mol. The number of hydrogen-bond donors (Lipinski definition) is 0. The molecule has 0 heterocycles. The molecule has 5 nitrogen and oxygen atoms in total. The number of allylic oxidation sites excluding steroid dienone is 10. The molecule has 0 spiro atoms. The Morgan fingerprint density at radius 3 is 1.21 bits per heavy atom. The molecule has 5 heteroatoms. The molecule has 0 aliphatic heterocycles. The van der Waals surface area contributed by atoms with E-state index in [1.165, 1.54) is 161 Å². The molecule has 0 rings (SSSR count). The second kappa shape index (κ2) is 52.9. The summed E-state index contributed by atoms with van der Waals surface area (Å²) in [6, 6.07) is 0. The Hall–Kier alpha value is -2.40. The summed E-state index contributed by atoms with van der Waals surface area (Å²) in [4.78, 5) is 25.4. The molecule has 0 fully saturated rings. The summed E-state index contributed by atoms with van der Waals surface area (Å²) in [6.45, 7) is 7.68. The largest absolute Gasteiger partial charge is 0.462 e. The summed E-state index contributed by atoms with van der Waals surface area (Å²) in [5, 5.41) is 0. The first kappa shape index (κ1) is 59.6. The predicted molar refractivity (Wildman–Crippen MR) is 270 cm³/mol. The first-order valence-electron chi connectivity index (χ1n) is 26.8. The van der Waals surface area contributed by atoms with Crippen molar-refractivity contribution >= 4 is 11.9 Å². The van der Waals surface area contributed by atoms with E-state index in [4.69, 9.17) is 14.2 Å². The minimum Gasteiger partial charge on any atom is -0.462 e. The minimum absolute atomic E-state index is 0.0702. The molecule has 0 aromatic carbocycles. The summed E-state index contributed by atoms with van der Waals surface area (Å²) < 4.78 is 17.4. The van der Waals surface area contributed by atoms with Crippen LogP contribution in [0.1, 0.15) is 265 Å². The van der Waals surface area contributed by atoms with Crippen LogP contribution in [0.4, 0.5) is 0 Å². The maximum atomic E-state index is 12.8. The van der Waals surface area contributed by atoms with Crippen LogP contribution in [0.25, 0.3) is 0 Å². The van der Waals surface area contributed by atoms with Crippen LogP contribution in [0, 0.1) is 0 Å². The molecule has 0 saturated carbocycles. The van der Waals surface area contributed by atoms with Crippen LogP contribution in [-0.4, -0.2) is 37.9 Å². The Kier molecular flexibility index (Phi) is 50.9. The van der Waals surface area contributed by atoms with Crippen molar-refractivity contribution < 1.29 is 23.8 Å². The highest BCUT2D eigenvalue weighted by atomic mass is 16.6. The van der Waals surface area contributed by atoms with Gasteiger partial charge in [0.25, 0.3) is 0 Å². The van der Waals surface area contributed by atoms with E-state index >= 15 is 0 Å². The lowest BCUT2D eigenvalue weighted by Crippen LogP contribution is -2.30. The highest BCUT2D eigenvalue weighted by molar-refractivity contribution is 5.70. The summed E-state index contributed by atoms with van der Waals surface area (Å²) in [6.07, 6.45) is 66.6. The zero-order valence-electron chi connectivity index (χ0n) is 41.4. The van der Waals surface area contributed by atoms with Gasteiger partial charge in [0.2, 0.25) is 0 Å². The predicted octanol–water partition coefficient (Wildman–Crippen LogP) is 18.1. The van der Waals surface area contributed by atoms with Crippen LogP contribution in [0.15, 0.2) is 60.8 Å². The molecule has 0 aliphatic carbocycles. The zero-order chi connectivity index (χ0) is 44.9. The molecule has 0 amide bonds. The molecule has 0 aromatic heterocycles. The lowest BCUT2D eigenvalue weighted by molar-refractivity contribution is -0.163. The van der Waals surface area contributed by atoms with Crippen molar-refractivity contribution in [1.29, 1.82) is 0 Å². The molecule has 0 saturated heterocycles. The average molecular weight is 867 g/mol. The van der Waals surface area contributed by atoms with Gasteiger partial charge in [-0.2, -0.15) is 0 Å². The SMILES string of the molecule is CC/C=C\C/C=C\C/C=C\CCCCCC(=O)OC(COCCCCCCCC/C=C\CCCCCC)COC(=O)CCCCCCCCCCC/C=C\CCCCCCCC. The van der Waals surface area contributed by atoms with Crippen molar-refractivity contribution in [2.45, 2.75) is 271 Å². The normalized spacial score (nSPS) is 12.6. The lowest BCUT2D eigenvalue weighted by Gasteiger charge is -2.18. The van der Waals surface area contributed by atoms with Gasteiger partial charge in [0, 0.05) is 19.4 Å². The molecular weight excluding hydrogens is 765 g/mol. The lowest BCUT2D eigenvalue weighted by atomic mass is 10.1. The third-order valence-electron chi connectivity index (χ3n) is 11.5. The Bertz CT molecular complexity index is 1070. The van der Waals surface area contributed by atoms with Gasteiger partial charge in [0.1, 0.15) is 6.61 Å². The van der Waals surface area contributed by atoms with Crippen molar-refractivity contribution in [2.75, 3.05) is 19.8 Å². The highest BCUT2D eigenvalue weighted by Crippen LogP contribution is 2.14. The number of unbranched alkanes of at least 4 members (excludes halogenated alkanes) is 28. The van der Waals surface area contributed by atoms with E-state index in [2.05, 4.69) is 81.5 Å². The number of rotatable bonds is 49. The Balaban J connectivity index is 4.26. The standard InChI is InChI=1S/C57H102O5/c1-4-7-10-13-16-19-22-25-27-28-29-30-31-33-35-38-41-44-47-50-56(58)61-54-55(53-60-52-49-46-43-40-37-34-26-23-20-17-14-11-8-5-2)62-57(59)51-48-45-42-39-36-32-24-21-18-15-12-9-6-3/h9,12,18,20-21,23,25,27,32,36,55H,4-8,10-11,13-17,19,22,24,26,28-31,33-35,37-54H2,1-3H3/b12-9-,21-18-,23-20-,27-25-,36-32-. The number of carbonyl (C=O) groups is 2. The van der Waals surface area contributed by atoms with Gasteiger partial charge in [0.05, 0.1) is 6.61 Å². The van der Waals surface area contributed by atoms with Gasteiger partial charge in [0.15, 0.2) is 6.10 Å². The van der Waals surface area contributed by atoms with Gasteiger partial charge in [-0.05, 0) is 103 Å².